The van der Waals surface area contributed by atoms with Crippen molar-refractivity contribution in [3.05, 3.63) is 0 Å². The van der Waals surface area contributed by atoms with Crippen LogP contribution < -0.4 is 0 Å². The molecule has 90 valence electrons. The van der Waals surface area contributed by atoms with E-state index in [0.29, 0.717) is 12.1 Å². The number of hydrogen-bond acceptors (Lipinski definition) is 2. The highest BCUT2D eigenvalue weighted by molar-refractivity contribution is 5.02. The number of hydrogen-bond donors (Lipinski definition) is 1. The monoisotopic (exact) mass is 221 g/mol. The largest absolute Gasteiger partial charge is 0.313 e. The lowest BCUT2D eigenvalue weighted by atomic mass is 10.0. The molecule has 0 heterocycles. The van der Waals surface area contributed by atoms with E-state index in [1.165, 1.54) is 51.4 Å². The van der Waals surface area contributed by atoms with E-state index in [1.54, 1.807) is 0 Å². The zero-order chi connectivity index (χ0) is 10.7. The summed E-state index contributed by atoms with van der Waals surface area (Å²) in [5, 5.41) is 12.5. The molecule has 4 saturated carbocycles. The Bertz CT molecular complexity index is 224. The van der Waals surface area contributed by atoms with Gasteiger partial charge in [0.05, 0.1) is 0 Å². The minimum Gasteiger partial charge on any atom is -0.313 e. The number of nitrogens with zero attached hydrogens (tertiary/aromatic N) is 1. The van der Waals surface area contributed by atoms with E-state index in [2.05, 4.69) is 0 Å². The van der Waals surface area contributed by atoms with Crippen molar-refractivity contribution in [2.75, 3.05) is 0 Å². The van der Waals surface area contributed by atoms with Gasteiger partial charge in [-0.1, -0.05) is 0 Å². The highest BCUT2D eigenvalue weighted by Gasteiger charge is 2.52. The first-order chi connectivity index (χ1) is 7.84. The van der Waals surface area contributed by atoms with Gasteiger partial charge in [0.1, 0.15) is 0 Å². The Labute approximate surface area is 98.0 Å². The fourth-order valence-electron chi connectivity index (χ4n) is 3.58. The molecule has 0 aromatic rings. The fourth-order valence-corrected chi connectivity index (χ4v) is 3.58. The molecule has 0 radical (unpaired) electrons. The number of hydroxylamine groups is 2. The predicted molar refractivity (Wildman–Crippen MR) is 62.1 cm³/mol. The molecule has 4 fully saturated rings. The maximum Gasteiger partial charge on any atom is 0.0410 e. The van der Waals surface area contributed by atoms with Gasteiger partial charge in [-0.3, -0.25) is 0 Å². The van der Waals surface area contributed by atoms with E-state index in [9.17, 15) is 5.21 Å². The summed E-state index contributed by atoms with van der Waals surface area (Å²) in [5.41, 5.74) is 0. The van der Waals surface area contributed by atoms with E-state index in [1.807, 2.05) is 5.06 Å². The van der Waals surface area contributed by atoms with E-state index in [0.717, 1.165) is 23.7 Å². The van der Waals surface area contributed by atoms with Gasteiger partial charge >= 0.3 is 0 Å². The summed E-state index contributed by atoms with van der Waals surface area (Å²) < 4.78 is 0. The molecule has 0 saturated heterocycles. The maximum absolute atomic E-state index is 10.6. The standard InChI is InChI=1S/C14H23NO/c16-15(13(9-1-2-9)10-3-4-10)14(11-5-6-11)12-7-8-12/h9-14,16H,1-8H2. The molecule has 0 aliphatic heterocycles. The molecular weight excluding hydrogens is 198 g/mol. The maximum atomic E-state index is 10.6. The Morgan fingerprint density at radius 1 is 0.625 bits per heavy atom. The van der Waals surface area contributed by atoms with Gasteiger partial charge in [-0.15, -0.1) is 0 Å². The normalized spacial score (nSPS) is 30.8. The van der Waals surface area contributed by atoms with Crippen LogP contribution in [-0.4, -0.2) is 22.4 Å². The molecule has 4 aliphatic rings. The fraction of sp³-hybridized carbons (Fsp3) is 1.00. The van der Waals surface area contributed by atoms with Crippen LogP contribution >= 0.6 is 0 Å². The van der Waals surface area contributed by atoms with Crippen LogP contribution in [0.15, 0.2) is 0 Å². The second-order valence-corrected chi connectivity index (χ2v) is 6.71. The summed E-state index contributed by atoms with van der Waals surface area (Å²) in [6.07, 6.45) is 11.0. The van der Waals surface area contributed by atoms with Crippen LogP contribution in [0.3, 0.4) is 0 Å². The molecule has 0 bridgehead atoms. The second-order valence-electron chi connectivity index (χ2n) is 6.71. The van der Waals surface area contributed by atoms with Crippen molar-refractivity contribution < 1.29 is 5.21 Å². The molecule has 0 spiro atoms. The van der Waals surface area contributed by atoms with Gasteiger partial charge in [0.2, 0.25) is 0 Å². The Morgan fingerprint density at radius 3 is 1.06 bits per heavy atom. The molecule has 0 unspecified atom stereocenters. The summed E-state index contributed by atoms with van der Waals surface area (Å²) >= 11 is 0. The summed E-state index contributed by atoms with van der Waals surface area (Å²) in [6.45, 7) is 0. The average Bonchev–Trinajstić information content (AvgIpc) is 2.97. The van der Waals surface area contributed by atoms with Crippen molar-refractivity contribution >= 4 is 0 Å². The van der Waals surface area contributed by atoms with Crippen LogP contribution in [0.25, 0.3) is 0 Å². The summed E-state index contributed by atoms with van der Waals surface area (Å²) in [6, 6.07) is 1.09. The quantitative estimate of drug-likeness (QED) is 0.697. The molecule has 16 heavy (non-hydrogen) atoms. The Morgan fingerprint density at radius 2 is 0.875 bits per heavy atom. The van der Waals surface area contributed by atoms with Crippen LogP contribution in [0.2, 0.25) is 0 Å². The first kappa shape index (κ1) is 9.90. The Hall–Kier alpha value is -0.0800. The lowest BCUT2D eigenvalue weighted by Gasteiger charge is -2.34. The van der Waals surface area contributed by atoms with Crippen LogP contribution in [0.5, 0.6) is 0 Å². The van der Waals surface area contributed by atoms with Gasteiger partial charge in [0, 0.05) is 12.1 Å². The first-order valence-electron chi connectivity index (χ1n) is 7.32. The van der Waals surface area contributed by atoms with E-state index in [-0.39, 0.29) is 0 Å². The molecule has 0 aromatic carbocycles. The summed E-state index contributed by atoms with van der Waals surface area (Å²) in [7, 11) is 0. The molecule has 2 nitrogen and oxygen atoms in total. The lowest BCUT2D eigenvalue weighted by Crippen LogP contribution is -2.45. The second kappa shape index (κ2) is 3.46. The van der Waals surface area contributed by atoms with Crippen LogP contribution in [0, 0.1) is 23.7 Å². The Balaban J connectivity index is 1.49. The molecule has 1 N–H and O–H groups in total. The van der Waals surface area contributed by atoms with E-state index < -0.39 is 0 Å². The molecule has 0 aromatic heterocycles. The van der Waals surface area contributed by atoms with Crippen molar-refractivity contribution in [1.82, 2.24) is 5.06 Å². The third-order valence-corrected chi connectivity index (χ3v) is 5.03. The van der Waals surface area contributed by atoms with Crippen LogP contribution in [-0.2, 0) is 0 Å². The van der Waals surface area contributed by atoms with Gasteiger partial charge in [-0.25, -0.2) is 0 Å². The van der Waals surface area contributed by atoms with Gasteiger partial charge in [0.25, 0.3) is 0 Å². The summed E-state index contributed by atoms with van der Waals surface area (Å²) in [5.74, 6) is 3.38. The van der Waals surface area contributed by atoms with E-state index in [4.69, 9.17) is 0 Å². The van der Waals surface area contributed by atoms with Gasteiger partial charge < -0.3 is 5.21 Å². The van der Waals surface area contributed by atoms with Crippen molar-refractivity contribution in [1.29, 1.82) is 0 Å². The highest BCUT2D eigenvalue weighted by Crippen LogP contribution is 2.52. The molecular formula is C14H23NO. The summed E-state index contributed by atoms with van der Waals surface area (Å²) in [4.78, 5) is 0. The minimum absolute atomic E-state index is 0.547. The van der Waals surface area contributed by atoms with Gasteiger partial charge in [0.15, 0.2) is 0 Å². The van der Waals surface area contributed by atoms with Gasteiger partial charge in [-0.2, -0.15) is 5.06 Å². The molecule has 4 aliphatic carbocycles. The van der Waals surface area contributed by atoms with Crippen LogP contribution in [0.4, 0.5) is 0 Å². The lowest BCUT2D eigenvalue weighted by molar-refractivity contribution is -0.181. The smallest absolute Gasteiger partial charge is 0.0410 e. The van der Waals surface area contributed by atoms with Crippen molar-refractivity contribution in [2.45, 2.75) is 63.5 Å². The zero-order valence-electron chi connectivity index (χ0n) is 10.0. The molecule has 4 rings (SSSR count). The Kier molecular flexibility index (Phi) is 2.14. The van der Waals surface area contributed by atoms with Gasteiger partial charge in [-0.05, 0) is 75.0 Å². The molecule has 2 heteroatoms. The highest BCUT2D eigenvalue weighted by atomic mass is 16.5. The topological polar surface area (TPSA) is 23.5 Å². The first-order valence-corrected chi connectivity index (χ1v) is 7.32. The third-order valence-electron chi connectivity index (χ3n) is 5.03. The number of rotatable bonds is 6. The molecule has 0 amide bonds. The van der Waals surface area contributed by atoms with Crippen molar-refractivity contribution in [2.24, 2.45) is 23.7 Å². The molecule has 0 atom stereocenters. The van der Waals surface area contributed by atoms with E-state index >= 15 is 0 Å². The third kappa shape index (κ3) is 1.80. The average molecular weight is 221 g/mol. The zero-order valence-corrected chi connectivity index (χ0v) is 10.0. The van der Waals surface area contributed by atoms with Crippen molar-refractivity contribution in [3.63, 3.8) is 0 Å². The SMILES string of the molecule is ON(C(C1CC1)C1CC1)C(C1CC1)C1CC1. The van der Waals surface area contributed by atoms with Crippen molar-refractivity contribution in [3.8, 4) is 0 Å². The van der Waals surface area contributed by atoms with Crippen LogP contribution in [0.1, 0.15) is 51.4 Å². The predicted octanol–water partition coefficient (Wildman–Crippen LogP) is 3.05. The minimum atomic E-state index is 0.547.